The molecule has 0 atom stereocenters. The number of aromatic nitrogens is 2. The number of anilines is 4. The van der Waals surface area contributed by atoms with E-state index in [1.165, 1.54) is 30.7 Å². The van der Waals surface area contributed by atoms with Gasteiger partial charge < -0.3 is 15.5 Å². The number of halogens is 1. The van der Waals surface area contributed by atoms with Gasteiger partial charge in [0.1, 0.15) is 11.5 Å². The molecular formula is C22H22FN5O. The maximum absolute atomic E-state index is 13.8. The highest BCUT2D eigenvalue weighted by Crippen LogP contribution is 2.23. The predicted molar refractivity (Wildman–Crippen MR) is 112 cm³/mol. The van der Waals surface area contributed by atoms with Crippen LogP contribution in [0.3, 0.4) is 0 Å². The minimum absolute atomic E-state index is 0.112. The van der Waals surface area contributed by atoms with Crippen LogP contribution >= 0.6 is 0 Å². The molecule has 29 heavy (non-hydrogen) atoms. The van der Waals surface area contributed by atoms with Crippen molar-refractivity contribution >= 4 is 28.9 Å². The Bertz CT molecular complexity index is 1020. The van der Waals surface area contributed by atoms with Crippen molar-refractivity contribution in [1.82, 2.24) is 9.97 Å². The van der Waals surface area contributed by atoms with E-state index < -0.39 is 11.7 Å². The van der Waals surface area contributed by atoms with E-state index in [9.17, 15) is 9.18 Å². The fraction of sp³-hybridized carbons (Fsp3) is 0.227. The van der Waals surface area contributed by atoms with Crippen LogP contribution in [0.5, 0.6) is 0 Å². The van der Waals surface area contributed by atoms with Gasteiger partial charge in [0, 0.05) is 30.2 Å². The Kier molecular flexibility index (Phi) is 5.37. The molecule has 7 heteroatoms. The molecule has 1 amide bonds. The Hall–Kier alpha value is -3.48. The quantitative estimate of drug-likeness (QED) is 0.669. The van der Waals surface area contributed by atoms with E-state index in [1.807, 2.05) is 12.1 Å². The lowest BCUT2D eigenvalue weighted by atomic mass is 10.2. The standard InChI is InChI=1S/C22H22FN5O/c1-15-14-20(21(29)26-19-7-3-2-6-18(19)23)27-22(24-15)25-16-8-10-17(11-9-16)28-12-4-5-13-28/h2-3,6-11,14H,4-5,12-13H2,1H3,(H,26,29)(H,24,25,27). The van der Waals surface area contributed by atoms with Crippen molar-refractivity contribution in [2.24, 2.45) is 0 Å². The van der Waals surface area contributed by atoms with E-state index in [0.29, 0.717) is 11.6 Å². The van der Waals surface area contributed by atoms with E-state index in [2.05, 4.69) is 37.6 Å². The minimum Gasteiger partial charge on any atom is -0.372 e. The number of benzene rings is 2. The molecule has 0 bridgehead atoms. The lowest BCUT2D eigenvalue weighted by Crippen LogP contribution is -2.17. The molecule has 0 unspecified atom stereocenters. The number of rotatable bonds is 5. The first-order valence-electron chi connectivity index (χ1n) is 9.62. The number of carbonyl (C=O) groups is 1. The first-order chi connectivity index (χ1) is 14.1. The highest BCUT2D eigenvalue weighted by molar-refractivity contribution is 6.03. The Morgan fingerprint density at radius 2 is 1.76 bits per heavy atom. The maximum atomic E-state index is 13.8. The summed E-state index contributed by atoms with van der Waals surface area (Å²) in [5.41, 5.74) is 2.94. The van der Waals surface area contributed by atoms with Crippen molar-refractivity contribution in [2.75, 3.05) is 28.6 Å². The molecule has 2 heterocycles. The number of nitrogens with zero attached hydrogens (tertiary/aromatic N) is 3. The van der Waals surface area contributed by atoms with Crippen LogP contribution in [-0.4, -0.2) is 29.0 Å². The molecule has 1 aliphatic rings. The van der Waals surface area contributed by atoms with Crippen molar-refractivity contribution in [3.05, 3.63) is 71.8 Å². The second-order valence-corrected chi connectivity index (χ2v) is 7.02. The van der Waals surface area contributed by atoms with Crippen molar-refractivity contribution < 1.29 is 9.18 Å². The SMILES string of the molecule is Cc1cc(C(=O)Nc2ccccc2F)nc(Nc2ccc(N3CCCC3)cc2)n1. The molecule has 148 valence electrons. The van der Waals surface area contributed by atoms with Crippen LogP contribution in [0.4, 0.5) is 27.4 Å². The number of amides is 1. The zero-order chi connectivity index (χ0) is 20.2. The molecule has 1 aliphatic heterocycles. The lowest BCUT2D eigenvalue weighted by Gasteiger charge is -2.17. The van der Waals surface area contributed by atoms with Gasteiger partial charge in [0.15, 0.2) is 0 Å². The van der Waals surface area contributed by atoms with Crippen molar-refractivity contribution in [3.8, 4) is 0 Å². The first kappa shape index (κ1) is 18.9. The van der Waals surface area contributed by atoms with Crippen LogP contribution < -0.4 is 15.5 Å². The van der Waals surface area contributed by atoms with Gasteiger partial charge in [-0.2, -0.15) is 0 Å². The van der Waals surface area contributed by atoms with Crippen LogP contribution in [0, 0.1) is 12.7 Å². The smallest absolute Gasteiger partial charge is 0.274 e. The van der Waals surface area contributed by atoms with Gasteiger partial charge >= 0.3 is 0 Å². The lowest BCUT2D eigenvalue weighted by molar-refractivity contribution is 0.102. The van der Waals surface area contributed by atoms with E-state index in [1.54, 1.807) is 25.1 Å². The van der Waals surface area contributed by atoms with E-state index in [0.717, 1.165) is 18.8 Å². The predicted octanol–water partition coefficient (Wildman–Crippen LogP) is 4.52. The van der Waals surface area contributed by atoms with Crippen molar-refractivity contribution in [3.63, 3.8) is 0 Å². The van der Waals surface area contributed by atoms with Gasteiger partial charge in [0.05, 0.1) is 5.69 Å². The Morgan fingerprint density at radius 1 is 1.03 bits per heavy atom. The average molecular weight is 391 g/mol. The topological polar surface area (TPSA) is 70.2 Å². The van der Waals surface area contributed by atoms with Crippen LogP contribution in [-0.2, 0) is 0 Å². The summed E-state index contributed by atoms with van der Waals surface area (Å²) in [4.78, 5) is 23.5. The normalized spacial score (nSPS) is 13.4. The molecule has 2 N–H and O–H groups in total. The molecule has 6 nitrogen and oxygen atoms in total. The van der Waals surface area contributed by atoms with Gasteiger partial charge in [0.25, 0.3) is 5.91 Å². The molecule has 0 saturated carbocycles. The number of carbonyl (C=O) groups excluding carboxylic acids is 1. The van der Waals surface area contributed by atoms with Crippen molar-refractivity contribution in [2.45, 2.75) is 19.8 Å². The fourth-order valence-corrected chi connectivity index (χ4v) is 3.35. The number of hydrogen-bond acceptors (Lipinski definition) is 5. The fourth-order valence-electron chi connectivity index (χ4n) is 3.35. The van der Waals surface area contributed by atoms with E-state index in [4.69, 9.17) is 0 Å². The van der Waals surface area contributed by atoms with E-state index >= 15 is 0 Å². The largest absolute Gasteiger partial charge is 0.372 e. The van der Waals surface area contributed by atoms with Crippen LogP contribution in [0.2, 0.25) is 0 Å². The molecule has 2 aromatic carbocycles. The second-order valence-electron chi connectivity index (χ2n) is 7.02. The van der Waals surface area contributed by atoms with Gasteiger partial charge in [0.2, 0.25) is 5.95 Å². The monoisotopic (exact) mass is 391 g/mol. The number of hydrogen-bond donors (Lipinski definition) is 2. The Balaban J connectivity index is 1.49. The summed E-state index contributed by atoms with van der Waals surface area (Å²) < 4.78 is 13.8. The molecule has 0 radical (unpaired) electrons. The minimum atomic E-state index is -0.497. The van der Waals surface area contributed by atoms with Crippen LogP contribution in [0.1, 0.15) is 29.0 Å². The summed E-state index contributed by atoms with van der Waals surface area (Å²) in [5, 5.41) is 5.68. The zero-order valence-corrected chi connectivity index (χ0v) is 16.2. The number of nitrogens with one attached hydrogen (secondary N) is 2. The number of para-hydroxylation sites is 1. The summed E-state index contributed by atoms with van der Waals surface area (Å²) in [5.74, 6) is -0.672. The molecule has 1 aromatic heterocycles. The summed E-state index contributed by atoms with van der Waals surface area (Å²) in [6.45, 7) is 3.96. The summed E-state index contributed by atoms with van der Waals surface area (Å²) in [6.07, 6.45) is 2.46. The highest BCUT2D eigenvalue weighted by Gasteiger charge is 2.14. The third kappa shape index (κ3) is 4.51. The molecule has 4 rings (SSSR count). The third-order valence-electron chi connectivity index (χ3n) is 4.80. The molecule has 1 fully saturated rings. The Labute approximate surface area is 168 Å². The van der Waals surface area contributed by atoms with Crippen LogP contribution in [0.15, 0.2) is 54.6 Å². The van der Waals surface area contributed by atoms with E-state index in [-0.39, 0.29) is 11.4 Å². The maximum Gasteiger partial charge on any atom is 0.274 e. The third-order valence-corrected chi connectivity index (χ3v) is 4.80. The van der Waals surface area contributed by atoms with Gasteiger partial charge in [-0.15, -0.1) is 0 Å². The van der Waals surface area contributed by atoms with Crippen LogP contribution in [0.25, 0.3) is 0 Å². The molecule has 0 aliphatic carbocycles. The summed E-state index contributed by atoms with van der Waals surface area (Å²) in [6, 6.07) is 15.7. The van der Waals surface area contributed by atoms with Crippen molar-refractivity contribution in [1.29, 1.82) is 0 Å². The molecule has 3 aromatic rings. The first-order valence-corrected chi connectivity index (χ1v) is 9.62. The average Bonchev–Trinajstić information content (AvgIpc) is 3.25. The molecule has 0 spiro atoms. The van der Waals surface area contributed by atoms with Gasteiger partial charge in [-0.1, -0.05) is 12.1 Å². The summed E-state index contributed by atoms with van der Waals surface area (Å²) >= 11 is 0. The summed E-state index contributed by atoms with van der Waals surface area (Å²) in [7, 11) is 0. The van der Waals surface area contributed by atoms with Gasteiger partial charge in [-0.05, 0) is 62.2 Å². The van der Waals surface area contributed by atoms with Gasteiger partial charge in [-0.3, -0.25) is 4.79 Å². The van der Waals surface area contributed by atoms with Gasteiger partial charge in [-0.25, -0.2) is 14.4 Å². The Morgan fingerprint density at radius 3 is 2.48 bits per heavy atom. The number of aryl methyl sites for hydroxylation is 1. The zero-order valence-electron chi connectivity index (χ0n) is 16.2. The molecular weight excluding hydrogens is 369 g/mol. The highest BCUT2D eigenvalue weighted by atomic mass is 19.1. The molecule has 1 saturated heterocycles. The second kappa shape index (κ2) is 8.26.